The molecule has 1 aromatic rings. The predicted octanol–water partition coefficient (Wildman–Crippen LogP) is 15.1. The lowest BCUT2D eigenvalue weighted by atomic mass is 10.1. The Morgan fingerprint density at radius 3 is 0.544 bits per heavy atom. The van der Waals surface area contributed by atoms with Gasteiger partial charge in [0.05, 0.1) is 31.9 Å². The normalized spacial score (nSPS) is 12.5. The van der Waals surface area contributed by atoms with Gasteiger partial charge in [-0.25, -0.2) is 25.3 Å². The molecule has 0 N–H and O–H groups in total. The van der Waals surface area contributed by atoms with Crippen molar-refractivity contribution in [2.45, 2.75) is 267 Å². The van der Waals surface area contributed by atoms with E-state index in [4.69, 9.17) is 0 Å². The van der Waals surface area contributed by atoms with Crippen molar-refractivity contribution in [3.8, 4) is 0 Å². The van der Waals surface area contributed by atoms with Gasteiger partial charge in [0, 0.05) is 0 Å². The summed E-state index contributed by atoms with van der Waals surface area (Å²) in [4.78, 5) is -0.515. The second-order valence-corrected chi connectivity index (χ2v) is 23.6. The summed E-state index contributed by atoms with van der Waals surface area (Å²) in [5, 5.41) is 0. The fraction of sp³-hybridized carbons (Fsp3) is 0.875. The molecule has 0 bridgehead atoms. The van der Waals surface area contributed by atoms with Crippen molar-refractivity contribution in [2.75, 3.05) is 17.3 Å². The number of rotatable bonds is 42. The Kier molecular flexibility index (Phi) is 33.0. The summed E-state index contributed by atoms with van der Waals surface area (Å²) in [6.07, 6.45) is 40.5. The summed E-state index contributed by atoms with van der Waals surface area (Å²) in [6, 6.07) is 3.69. The highest BCUT2D eigenvalue weighted by Crippen LogP contribution is 2.27. The van der Waals surface area contributed by atoms with Crippen LogP contribution in [0.25, 0.3) is 0 Å². The smallest absolute Gasteiger partial charge is 0.178 e. The van der Waals surface area contributed by atoms with E-state index >= 15 is 0 Å². The average molecular weight is 859 g/mol. The van der Waals surface area contributed by atoms with Crippen LogP contribution in [0.15, 0.2) is 32.9 Å². The van der Waals surface area contributed by atoms with Gasteiger partial charge in [-0.3, -0.25) is 0 Å². The van der Waals surface area contributed by atoms with Gasteiger partial charge >= 0.3 is 0 Å². The van der Waals surface area contributed by atoms with Crippen molar-refractivity contribution >= 4 is 29.5 Å². The molecule has 1 aromatic carbocycles. The van der Waals surface area contributed by atoms with Crippen molar-refractivity contribution < 1.29 is 25.3 Å². The van der Waals surface area contributed by atoms with Gasteiger partial charge in [0.25, 0.3) is 0 Å². The Hall–Kier alpha value is -0.930. The lowest BCUT2D eigenvalue weighted by Crippen LogP contribution is -2.14. The van der Waals surface area contributed by atoms with Gasteiger partial charge in [0.1, 0.15) is 0 Å². The third-order valence-electron chi connectivity index (χ3n) is 11.7. The Bertz CT molecular complexity index is 1240. The summed E-state index contributed by atoms with van der Waals surface area (Å²) >= 11 is 0. The summed E-state index contributed by atoms with van der Waals surface area (Å²) in [5.41, 5.74) is 0. The van der Waals surface area contributed by atoms with E-state index in [0.29, 0.717) is 19.3 Å². The number of unbranched alkanes of at least 4 members (excludes halogenated alkanes) is 33. The molecule has 0 saturated carbocycles. The van der Waals surface area contributed by atoms with Crippen LogP contribution in [0.1, 0.15) is 252 Å². The standard InChI is InChI=1S/C48H90O6S3/c1-4-7-10-13-16-19-22-25-28-31-34-37-40-55(49,50)46-43-47(56(51,52)41-38-35-32-29-26-23-20-17-14-11-8-5-2)45-48(44-46)57(53,54)42-39-36-33-30-27-24-21-18-15-12-9-6-3/h43-45H,4-42H2,1-3H3. The van der Waals surface area contributed by atoms with E-state index in [1.54, 1.807) is 0 Å². The first-order chi connectivity index (χ1) is 27.5. The lowest BCUT2D eigenvalue weighted by Gasteiger charge is -2.13. The van der Waals surface area contributed by atoms with E-state index in [1.807, 2.05) is 0 Å². The zero-order valence-electron chi connectivity index (χ0n) is 37.5. The number of sulfone groups is 3. The maximum Gasteiger partial charge on any atom is 0.178 e. The summed E-state index contributed by atoms with van der Waals surface area (Å²) in [6.45, 7) is 6.70. The monoisotopic (exact) mass is 859 g/mol. The summed E-state index contributed by atoms with van der Waals surface area (Å²) in [5.74, 6) is -0.319. The lowest BCUT2D eigenvalue weighted by molar-refractivity contribution is 0.545. The van der Waals surface area contributed by atoms with Gasteiger partial charge in [-0.1, -0.05) is 233 Å². The predicted molar refractivity (Wildman–Crippen MR) is 246 cm³/mol. The molecule has 1 rings (SSSR count). The van der Waals surface area contributed by atoms with E-state index < -0.39 is 29.5 Å². The van der Waals surface area contributed by atoms with Gasteiger partial charge in [0.2, 0.25) is 0 Å². The minimum absolute atomic E-state index is 0.106. The molecular weight excluding hydrogens is 769 g/mol. The van der Waals surface area contributed by atoms with Crippen LogP contribution in [0.3, 0.4) is 0 Å². The van der Waals surface area contributed by atoms with Gasteiger partial charge in [-0.15, -0.1) is 0 Å². The van der Waals surface area contributed by atoms with Gasteiger partial charge in [-0.2, -0.15) is 0 Å². The quantitative estimate of drug-likeness (QED) is 0.0607. The molecule has 0 spiro atoms. The van der Waals surface area contributed by atoms with E-state index in [1.165, 1.54) is 172 Å². The molecule has 0 aromatic heterocycles. The topological polar surface area (TPSA) is 102 Å². The largest absolute Gasteiger partial charge is 0.224 e. The summed E-state index contributed by atoms with van der Waals surface area (Å²) in [7, 11) is -11.6. The highest BCUT2D eigenvalue weighted by Gasteiger charge is 2.25. The van der Waals surface area contributed by atoms with Crippen molar-refractivity contribution in [3.63, 3.8) is 0 Å². The maximum absolute atomic E-state index is 13.6. The SMILES string of the molecule is CCCCCCCCCCCCCCS(=O)(=O)c1cc(S(=O)(=O)CCCCCCCCCCCCCC)cc(S(=O)(=O)CCCCCCCCCCCCCC)c1. The van der Waals surface area contributed by atoms with Crippen molar-refractivity contribution in [1.29, 1.82) is 0 Å². The van der Waals surface area contributed by atoms with Gasteiger partial charge < -0.3 is 0 Å². The van der Waals surface area contributed by atoms with E-state index in [2.05, 4.69) is 20.8 Å². The van der Waals surface area contributed by atoms with Crippen molar-refractivity contribution in [3.05, 3.63) is 18.2 Å². The Morgan fingerprint density at radius 2 is 0.386 bits per heavy atom. The average Bonchev–Trinajstić information content (AvgIpc) is 3.19. The van der Waals surface area contributed by atoms with Crippen LogP contribution in [-0.2, 0) is 29.5 Å². The molecule has 0 aliphatic rings. The minimum atomic E-state index is -3.86. The molecule has 0 unspecified atom stereocenters. The Balaban J connectivity index is 2.78. The molecule has 0 aliphatic carbocycles. The van der Waals surface area contributed by atoms with Crippen LogP contribution in [0, 0.1) is 0 Å². The fourth-order valence-corrected chi connectivity index (χ4v) is 12.4. The second kappa shape index (κ2) is 34.7. The van der Waals surface area contributed by atoms with Crippen LogP contribution >= 0.6 is 0 Å². The molecule has 9 heteroatoms. The number of hydrogen-bond donors (Lipinski definition) is 0. The van der Waals surface area contributed by atoms with Gasteiger partial charge in [-0.05, 0) is 37.5 Å². The fourth-order valence-electron chi connectivity index (χ4n) is 7.84. The molecule has 57 heavy (non-hydrogen) atoms. The minimum Gasteiger partial charge on any atom is -0.224 e. The van der Waals surface area contributed by atoms with Crippen molar-refractivity contribution in [2.24, 2.45) is 0 Å². The molecule has 0 saturated heterocycles. The molecule has 0 fully saturated rings. The Labute approximate surface area is 355 Å². The zero-order valence-corrected chi connectivity index (χ0v) is 39.9. The van der Waals surface area contributed by atoms with Gasteiger partial charge in [0.15, 0.2) is 29.5 Å². The van der Waals surface area contributed by atoms with Crippen LogP contribution in [0.2, 0.25) is 0 Å². The maximum atomic E-state index is 13.6. The molecular formula is C48H90O6S3. The van der Waals surface area contributed by atoms with Crippen molar-refractivity contribution in [1.82, 2.24) is 0 Å². The summed E-state index contributed by atoms with van der Waals surface area (Å²) < 4.78 is 81.8. The first-order valence-electron chi connectivity index (χ1n) is 24.3. The third-order valence-corrected chi connectivity index (χ3v) is 17.1. The first-order valence-corrected chi connectivity index (χ1v) is 29.3. The van der Waals surface area contributed by atoms with Crippen LogP contribution < -0.4 is 0 Å². The van der Waals surface area contributed by atoms with E-state index in [-0.39, 0.29) is 31.9 Å². The Morgan fingerprint density at radius 1 is 0.246 bits per heavy atom. The molecule has 6 nitrogen and oxygen atoms in total. The van der Waals surface area contributed by atoms with Crippen LogP contribution in [-0.4, -0.2) is 42.5 Å². The zero-order chi connectivity index (χ0) is 41.9. The molecule has 0 heterocycles. The second-order valence-electron chi connectivity index (χ2n) is 17.3. The first kappa shape index (κ1) is 54.1. The van der Waals surface area contributed by atoms with E-state index in [9.17, 15) is 25.3 Å². The molecule has 0 amide bonds. The highest BCUT2D eigenvalue weighted by atomic mass is 32.2. The van der Waals surface area contributed by atoms with Crippen LogP contribution in [0.4, 0.5) is 0 Å². The molecule has 336 valence electrons. The van der Waals surface area contributed by atoms with E-state index in [0.717, 1.165) is 57.8 Å². The number of benzene rings is 1. The molecule has 0 radical (unpaired) electrons. The molecule has 0 atom stereocenters. The third kappa shape index (κ3) is 28.3. The highest BCUT2D eigenvalue weighted by molar-refractivity contribution is 7.93. The molecule has 0 aliphatic heterocycles. The van der Waals surface area contributed by atoms with Crippen LogP contribution in [0.5, 0.6) is 0 Å². The number of hydrogen-bond acceptors (Lipinski definition) is 6.